The lowest BCUT2D eigenvalue weighted by Crippen LogP contribution is -2.62. The Morgan fingerprint density at radius 2 is 1.84 bits per heavy atom. The second-order valence-corrected chi connectivity index (χ2v) is 13.7. The molecule has 0 aliphatic heterocycles. The van der Waals surface area contributed by atoms with E-state index in [0.29, 0.717) is 12.8 Å². The average molecular weight is 533 g/mol. The van der Waals surface area contributed by atoms with Crippen molar-refractivity contribution in [2.24, 2.45) is 34.0 Å². The van der Waals surface area contributed by atoms with Gasteiger partial charge in [-0.2, -0.15) is 8.42 Å². The third-order valence-electron chi connectivity index (χ3n) is 10.3. The fourth-order valence-corrected chi connectivity index (χ4v) is 8.43. The van der Waals surface area contributed by atoms with Crippen LogP contribution in [0.4, 0.5) is 0 Å². The molecule has 3 saturated carbocycles. The number of Topliss-reactive ketones (excluding diaryl/α,β-unsaturated/α-hetero) is 1. The van der Waals surface area contributed by atoms with Gasteiger partial charge in [0.1, 0.15) is 11.9 Å². The molecule has 204 valence electrons. The van der Waals surface area contributed by atoms with Gasteiger partial charge in [-0.25, -0.2) is 4.79 Å². The molecule has 0 heterocycles. The van der Waals surface area contributed by atoms with Gasteiger partial charge in [-0.15, -0.1) is 6.58 Å². The number of hydrogen-bond donors (Lipinski definition) is 1. The van der Waals surface area contributed by atoms with Gasteiger partial charge < -0.3 is 9.84 Å². The highest BCUT2D eigenvalue weighted by Crippen LogP contribution is 2.67. The molecule has 3 aliphatic rings. The first-order valence-electron chi connectivity index (χ1n) is 13.2. The molecule has 37 heavy (non-hydrogen) atoms. The number of carbonyl (C=O) groups is 2. The molecule has 1 aromatic rings. The average Bonchev–Trinajstić information content (AvgIpc) is 3.21. The normalized spacial score (nSPS) is 39.8. The van der Waals surface area contributed by atoms with Crippen molar-refractivity contribution in [3.8, 4) is 0 Å². The third-order valence-corrected chi connectivity index (χ3v) is 11.5. The molecule has 3 fully saturated rings. The summed E-state index contributed by atoms with van der Waals surface area (Å²) in [6.45, 7) is 13.2. The molecule has 4 rings (SSSR count). The number of ether oxygens (including phenoxy) is 1. The van der Waals surface area contributed by atoms with Crippen LogP contribution < -0.4 is 0 Å². The zero-order valence-electron chi connectivity index (χ0n) is 22.5. The third kappa shape index (κ3) is 4.49. The topological polar surface area (TPSA) is 107 Å². The largest absolute Gasteiger partial charge is 0.460 e. The smallest absolute Gasteiger partial charge is 0.333 e. The highest BCUT2D eigenvalue weighted by Gasteiger charge is 2.67. The predicted molar refractivity (Wildman–Crippen MR) is 139 cm³/mol. The maximum absolute atomic E-state index is 13.3. The summed E-state index contributed by atoms with van der Waals surface area (Å²) in [5, 5.41) is 11.7. The molecular weight excluding hydrogens is 492 g/mol. The van der Waals surface area contributed by atoms with Gasteiger partial charge in [0.15, 0.2) is 6.61 Å². The van der Waals surface area contributed by atoms with Crippen molar-refractivity contribution in [2.45, 2.75) is 83.8 Å². The number of benzene rings is 1. The molecule has 2 bridgehead atoms. The molecule has 0 unspecified atom stereocenters. The van der Waals surface area contributed by atoms with Crippen LogP contribution in [0.3, 0.4) is 0 Å². The van der Waals surface area contributed by atoms with Crippen LogP contribution in [0.2, 0.25) is 0 Å². The molecule has 1 aromatic carbocycles. The summed E-state index contributed by atoms with van der Waals surface area (Å²) in [7, 11) is -4.15. The Balaban J connectivity index is 1.62. The maximum Gasteiger partial charge on any atom is 0.333 e. The Hall–Kier alpha value is -2.03. The second-order valence-electron chi connectivity index (χ2n) is 12.1. The highest BCUT2D eigenvalue weighted by molar-refractivity contribution is 7.86. The van der Waals surface area contributed by atoms with Crippen LogP contribution in [0, 0.1) is 40.9 Å². The lowest BCUT2D eigenvalue weighted by atomic mass is 9.44. The van der Waals surface area contributed by atoms with Crippen LogP contribution in [0.25, 0.3) is 0 Å². The van der Waals surface area contributed by atoms with Crippen molar-refractivity contribution in [3.05, 3.63) is 42.5 Å². The van der Waals surface area contributed by atoms with Crippen molar-refractivity contribution in [1.29, 1.82) is 0 Å². The van der Waals surface area contributed by atoms with E-state index < -0.39 is 45.7 Å². The Kier molecular flexibility index (Phi) is 7.27. The molecule has 0 radical (unpaired) electrons. The molecule has 1 N–H and O–H groups in total. The van der Waals surface area contributed by atoms with E-state index in [1.807, 2.05) is 20.8 Å². The number of rotatable bonds is 6. The second kappa shape index (κ2) is 9.62. The maximum atomic E-state index is 13.3. The lowest BCUT2D eigenvalue weighted by molar-refractivity contribution is -0.197. The molecule has 8 heteroatoms. The van der Waals surface area contributed by atoms with Crippen LogP contribution in [-0.4, -0.2) is 44.1 Å². The number of hydrogen-bond acceptors (Lipinski definition) is 7. The van der Waals surface area contributed by atoms with Gasteiger partial charge in [0.2, 0.25) is 0 Å². The van der Waals surface area contributed by atoms with Crippen molar-refractivity contribution >= 4 is 21.9 Å². The highest BCUT2D eigenvalue weighted by atomic mass is 32.2. The summed E-state index contributed by atoms with van der Waals surface area (Å²) in [5.74, 6) is -0.831. The molecular formula is C29H40O7S. The van der Waals surface area contributed by atoms with Gasteiger partial charge >= 0.3 is 5.97 Å². The minimum absolute atomic E-state index is 0.0448. The summed E-state index contributed by atoms with van der Waals surface area (Å²) in [6, 6.07) is 6.15. The minimum atomic E-state index is -4.15. The fourth-order valence-electron chi connectivity index (χ4n) is 7.57. The number of carbonyl (C=O) groups excluding carboxylic acids is 2. The summed E-state index contributed by atoms with van der Waals surface area (Å²) >= 11 is 0. The van der Waals surface area contributed by atoms with E-state index in [9.17, 15) is 23.1 Å². The predicted octanol–water partition coefficient (Wildman–Crippen LogP) is 4.61. The van der Waals surface area contributed by atoms with Crippen molar-refractivity contribution in [2.75, 3.05) is 6.61 Å². The van der Waals surface area contributed by atoms with E-state index in [1.165, 1.54) is 12.1 Å². The van der Waals surface area contributed by atoms with Crippen LogP contribution >= 0.6 is 0 Å². The number of aliphatic hydroxyl groups is 1. The standard InChI is InChI=1S/C29H40O7S/c1-7-27(5)23(36-24(31)17-35-37(33,34)21-10-8-18(2)9-11-21)16-28(6)19(3)12-14-29(20(4)26(27)32)15-13-22(30)25(28)29/h7-11,19-20,23,25-26,32H,1,12-17H2,2-6H3/t19-,20+,23+,25+,26+,27-,28-,29+/m1/s1. The van der Waals surface area contributed by atoms with Crippen LogP contribution in [0.5, 0.6) is 0 Å². The van der Waals surface area contributed by atoms with Crippen molar-refractivity contribution in [1.82, 2.24) is 0 Å². The Bertz CT molecular complexity index is 1180. The zero-order valence-corrected chi connectivity index (χ0v) is 23.3. The molecule has 0 spiro atoms. The number of esters is 1. The van der Waals surface area contributed by atoms with Crippen LogP contribution in [0.1, 0.15) is 65.4 Å². The van der Waals surface area contributed by atoms with Crippen molar-refractivity contribution < 1.29 is 32.0 Å². The van der Waals surface area contributed by atoms with E-state index >= 15 is 0 Å². The Morgan fingerprint density at radius 1 is 1.19 bits per heavy atom. The van der Waals surface area contributed by atoms with E-state index in [-0.39, 0.29) is 33.8 Å². The number of aryl methyl sites for hydroxylation is 1. The molecule has 8 atom stereocenters. The summed E-state index contributed by atoms with van der Waals surface area (Å²) in [5.41, 5.74) is -0.825. The Labute approximate surface area is 220 Å². The molecule has 7 nitrogen and oxygen atoms in total. The van der Waals surface area contributed by atoms with Gasteiger partial charge in [-0.1, -0.05) is 51.5 Å². The van der Waals surface area contributed by atoms with E-state index in [4.69, 9.17) is 8.92 Å². The van der Waals surface area contributed by atoms with E-state index in [2.05, 4.69) is 20.4 Å². The van der Waals surface area contributed by atoms with E-state index in [0.717, 1.165) is 24.8 Å². The molecule has 0 saturated heterocycles. The minimum Gasteiger partial charge on any atom is -0.460 e. The number of ketones is 1. The molecule has 3 aliphatic carbocycles. The van der Waals surface area contributed by atoms with Gasteiger partial charge in [-0.3, -0.25) is 8.98 Å². The Morgan fingerprint density at radius 3 is 2.46 bits per heavy atom. The zero-order chi connectivity index (χ0) is 27.4. The monoisotopic (exact) mass is 532 g/mol. The summed E-state index contributed by atoms with van der Waals surface area (Å²) in [4.78, 5) is 26.3. The SMILES string of the molecule is C=C[C@]1(C)[C@@H](OC(=O)COS(=O)(=O)c2ccc(C)cc2)C[C@]2(C)[C@H](C)CC[C@]3(CCC(=O)[C@@H]23)[C@@H](C)[C@@H]1O. The summed E-state index contributed by atoms with van der Waals surface area (Å²) in [6.07, 6.45) is 3.40. The molecule has 0 aromatic heterocycles. The first kappa shape index (κ1) is 28.0. The van der Waals surface area contributed by atoms with Gasteiger partial charge in [0.05, 0.1) is 11.0 Å². The quantitative estimate of drug-likeness (QED) is 0.324. The van der Waals surface area contributed by atoms with Crippen LogP contribution in [0.15, 0.2) is 41.8 Å². The number of aliphatic hydroxyl groups excluding tert-OH is 1. The molecule has 0 amide bonds. The van der Waals surface area contributed by atoms with Crippen molar-refractivity contribution in [3.63, 3.8) is 0 Å². The lowest BCUT2D eigenvalue weighted by Gasteiger charge is -2.61. The van der Waals surface area contributed by atoms with Gasteiger partial charge in [0.25, 0.3) is 10.1 Å². The fraction of sp³-hybridized carbons (Fsp3) is 0.655. The van der Waals surface area contributed by atoms with Gasteiger partial charge in [0, 0.05) is 17.8 Å². The van der Waals surface area contributed by atoms with Gasteiger partial charge in [-0.05, 0) is 67.4 Å². The van der Waals surface area contributed by atoms with Crippen LogP contribution in [-0.2, 0) is 28.6 Å². The first-order valence-corrected chi connectivity index (χ1v) is 14.6. The van der Waals surface area contributed by atoms with E-state index in [1.54, 1.807) is 18.2 Å². The first-order chi connectivity index (χ1) is 17.2. The summed E-state index contributed by atoms with van der Waals surface area (Å²) < 4.78 is 36.1.